The van der Waals surface area contributed by atoms with Crippen molar-refractivity contribution in [2.24, 2.45) is 0 Å². The summed E-state index contributed by atoms with van der Waals surface area (Å²) in [5.41, 5.74) is 1.61. The monoisotopic (exact) mass is 422 g/mol. The first-order chi connectivity index (χ1) is 11.0. The summed E-state index contributed by atoms with van der Waals surface area (Å²) < 4.78 is 1.07. The minimum atomic E-state index is -0.615. The second-order valence-electron chi connectivity index (χ2n) is 5.47. The van der Waals surface area contributed by atoms with Gasteiger partial charge in [0.05, 0.1) is 0 Å². The average molecular weight is 422 g/mol. The molecule has 0 unspecified atom stereocenters. The Morgan fingerprint density at radius 3 is 2.22 bits per heavy atom. The number of nitrogens with zero attached hydrogens (tertiary/aromatic N) is 1. The predicted molar refractivity (Wildman–Crippen MR) is 99.9 cm³/mol. The molecule has 0 saturated heterocycles. The zero-order valence-corrected chi connectivity index (χ0v) is 15.3. The Bertz CT molecular complexity index is 669. The van der Waals surface area contributed by atoms with Gasteiger partial charge in [0.15, 0.2) is 0 Å². The van der Waals surface area contributed by atoms with E-state index in [0.29, 0.717) is 12.2 Å². The summed E-state index contributed by atoms with van der Waals surface area (Å²) in [4.78, 5) is 26.3. The molecule has 2 aromatic rings. The third kappa shape index (κ3) is 5.06. The zero-order valence-electron chi connectivity index (χ0n) is 13.1. The van der Waals surface area contributed by atoms with E-state index in [-0.39, 0.29) is 6.04 Å². The molecule has 23 heavy (non-hydrogen) atoms. The fourth-order valence-corrected chi connectivity index (χ4v) is 2.48. The van der Waals surface area contributed by atoms with Gasteiger partial charge in [0, 0.05) is 21.8 Å². The van der Waals surface area contributed by atoms with Crippen LogP contribution in [0.5, 0.6) is 0 Å². The second-order valence-corrected chi connectivity index (χ2v) is 6.72. The van der Waals surface area contributed by atoms with Crippen LogP contribution in [-0.4, -0.2) is 22.8 Å². The molecule has 0 radical (unpaired) electrons. The lowest BCUT2D eigenvalue weighted by atomic mass is 10.2. The number of hydrogen-bond donors (Lipinski definition) is 1. The summed E-state index contributed by atoms with van der Waals surface area (Å²) in [5, 5.41) is 2.66. The van der Waals surface area contributed by atoms with Crippen molar-refractivity contribution >= 4 is 40.1 Å². The lowest BCUT2D eigenvalue weighted by Gasteiger charge is -2.26. The van der Waals surface area contributed by atoms with Gasteiger partial charge in [-0.3, -0.25) is 9.59 Å². The van der Waals surface area contributed by atoms with E-state index in [1.807, 2.05) is 56.3 Å². The zero-order chi connectivity index (χ0) is 16.8. The van der Waals surface area contributed by atoms with Gasteiger partial charge < -0.3 is 10.2 Å². The van der Waals surface area contributed by atoms with Gasteiger partial charge in [0.2, 0.25) is 0 Å². The molecule has 0 aromatic heterocycles. The average Bonchev–Trinajstić information content (AvgIpc) is 2.55. The summed E-state index contributed by atoms with van der Waals surface area (Å²) in [7, 11) is 0. The Morgan fingerprint density at radius 1 is 1.04 bits per heavy atom. The Balaban J connectivity index is 2.07. The molecule has 120 valence electrons. The van der Waals surface area contributed by atoms with E-state index in [1.54, 1.807) is 17.0 Å². The van der Waals surface area contributed by atoms with Crippen LogP contribution in [0.2, 0.25) is 0 Å². The third-order valence-corrected chi connectivity index (χ3v) is 4.10. The van der Waals surface area contributed by atoms with E-state index >= 15 is 0 Å². The molecule has 0 heterocycles. The molecule has 0 fully saturated rings. The molecule has 5 heteroatoms. The number of benzene rings is 2. The molecular formula is C18H19IN2O2. The minimum absolute atomic E-state index is 0.0647. The number of halogens is 1. The van der Waals surface area contributed by atoms with Gasteiger partial charge in [-0.1, -0.05) is 30.3 Å². The highest BCUT2D eigenvalue weighted by atomic mass is 127. The maximum atomic E-state index is 12.5. The van der Waals surface area contributed by atoms with Crippen LogP contribution in [0.1, 0.15) is 19.4 Å². The first kappa shape index (κ1) is 17.5. The van der Waals surface area contributed by atoms with E-state index < -0.39 is 11.8 Å². The van der Waals surface area contributed by atoms with Crippen LogP contribution in [0.15, 0.2) is 54.6 Å². The van der Waals surface area contributed by atoms with E-state index in [1.165, 1.54) is 0 Å². The Hall–Kier alpha value is -1.89. The van der Waals surface area contributed by atoms with E-state index in [9.17, 15) is 9.59 Å². The SMILES string of the molecule is CC(C)N(Cc1ccccc1)C(=O)C(=O)Nc1ccc(I)cc1. The van der Waals surface area contributed by atoms with Gasteiger partial charge >= 0.3 is 11.8 Å². The fraction of sp³-hybridized carbons (Fsp3) is 0.222. The molecule has 2 aromatic carbocycles. The summed E-state index contributed by atoms with van der Waals surface area (Å²) >= 11 is 2.19. The maximum Gasteiger partial charge on any atom is 0.313 e. The predicted octanol–water partition coefficient (Wildman–Crippen LogP) is 3.67. The van der Waals surface area contributed by atoms with Crippen molar-refractivity contribution in [3.8, 4) is 0 Å². The van der Waals surface area contributed by atoms with Crippen molar-refractivity contribution in [2.45, 2.75) is 26.4 Å². The molecular weight excluding hydrogens is 403 g/mol. The number of hydrogen-bond acceptors (Lipinski definition) is 2. The smallest absolute Gasteiger partial charge is 0.313 e. The second kappa shape index (κ2) is 8.10. The summed E-state index contributed by atoms with van der Waals surface area (Å²) in [6, 6.07) is 16.9. The largest absolute Gasteiger partial charge is 0.328 e. The molecule has 0 aliphatic heterocycles. The summed E-state index contributed by atoms with van der Waals surface area (Å²) in [6.45, 7) is 4.22. The van der Waals surface area contributed by atoms with Crippen molar-refractivity contribution < 1.29 is 9.59 Å². The minimum Gasteiger partial charge on any atom is -0.328 e. The van der Waals surface area contributed by atoms with Crippen LogP contribution < -0.4 is 5.32 Å². The van der Waals surface area contributed by atoms with Crippen molar-refractivity contribution in [1.29, 1.82) is 0 Å². The van der Waals surface area contributed by atoms with Crippen molar-refractivity contribution in [2.75, 3.05) is 5.32 Å². The van der Waals surface area contributed by atoms with E-state index in [0.717, 1.165) is 9.13 Å². The van der Waals surface area contributed by atoms with Crippen molar-refractivity contribution in [3.63, 3.8) is 0 Å². The van der Waals surface area contributed by atoms with Gasteiger partial charge in [0.25, 0.3) is 0 Å². The lowest BCUT2D eigenvalue weighted by molar-refractivity contribution is -0.144. The summed E-state index contributed by atoms with van der Waals surface area (Å²) in [6.07, 6.45) is 0. The first-order valence-corrected chi connectivity index (χ1v) is 8.46. The highest BCUT2D eigenvalue weighted by molar-refractivity contribution is 14.1. The highest BCUT2D eigenvalue weighted by Gasteiger charge is 2.24. The normalized spacial score (nSPS) is 10.4. The quantitative estimate of drug-likeness (QED) is 0.604. The standard InChI is InChI=1S/C18H19IN2O2/c1-13(2)21(12-14-6-4-3-5-7-14)18(23)17(22)20-16-10-8-15(19)9-11-16/h3-11,13H,12H2,1-2H3,(H,20,22). The van der Waals surface area contributed by atoms with E-state index in [2.05, 4.69) is 27.9 Å². The number of anilines is 1. The van der Waals surface area contributed by atoms with Crippen LogP contribution >= 0.6 is 22.6 Å². The Morgan fingerprint density at radius 2 is 1.65 bits per heavy atom. The van der Waals surface area contributed by atoms with Gasteiger partial charge in [-0.05, 0) is 66.3 Å². The van der Waals surface area contributed by atoms with Crippen LogP contribution in [0.25, 0.3) is 0 Å². The molecule has 0 bridgehead atoms. The molecule has 0 aliphatic carbocycles. The van der Waals surface area contributed by atoms with E-state index in [4.69, 9.17) is 0 Å². The molecule has 0 atom stereocenters. The van der Waals surface area contributed by atoms with Gasteiger partial charge in [-0.25, -0.2) is 0 Å². The lowest BCUT2D eigenvalue weighted by Crippen LogP contribution is -2.43. The van der Waals surface area contributed by atoms with Crippen molar-refractivity contribution in [3.05, 3.63) is 63.7 Å². The van der Waals surface area contributed by atoms with Crippen LogP contribution in [0.3, 0.4) is 0 Å². The third-order valence-electron chi connectivity index (χ3n) is 3.38. The molecule has 0 saturated carbocycles. The summed E-state index contributed by atoms with van der Waals surface area (Å²) in [5.74, 6) is -1.14. The van der Waals surface area contributed by atoms with Crippen LogP contribution in [-0.2, 0) is 16.1 Å². The number of carbonyl (C=O) groups excluding carboxylic acids is 2. The molecule has 1 N–H and O–H groups in total. The first-order valence-electron chi connectivity index (χ1n) is 7.39. The van der Waals surface area contributed by atoms with Crippen molar-refractivity contribution in [1.82, 2.24) is 4.90 Å². The maximum absolute atomic E-state index is 12.5. The molecule has 4 nitrogen and oxygen atoms in total. The fourth-order valence-electron chi connectivity index (χ4n) is 2.12. The topological polar surface area (TPSA) is 49.4 Å². The number of amides is 2. The molecule has 0 spiro atoms. The number of carbonyl (C=O) groups is 2. The highest BCUT2D eigenvalue weighted by Crippen LogP contribution is 2.13. The molecule has 2 rings (SSSR count). The Kier molecular flexibility index (Phi) is 6.15. The van der Waals surface area contributed by atoms with Gasteiger partial charge in [-0.15, -0.1) is 0 Å². The van der Waals surface area contributed by atoms with Crippen LogP contribution in [0, 0.1) is 3.57 Å². The molecule has 2 amide bonds. The number of rotatable bonds is 4. The van der Waals surface area contributed by atoms with Crippen LogP contribution in [0.4, 0.5) is 5.69 Å². The Labute approximate surface area is 150 Å². The molecule has 0 aliphatic rings. The van der Waals surface area contributed by atoms with Gasteiger partial charge in [-0.2, -0.15) is 0 Å². The number of nitrogens with one attached hydrogen (secondary N) is 1. The van der Waals surface area contributed by atoms with Gasteiger partial charge in [0.1, 0.15) is 0 Å².